The number of hydrogen-bond donors (Lipinski definition) is 0. The third-order valence-electron chi connectivity index (χ3n) is 11.5. The highest BCUT2D eigenvalue weighted by atomic mass is 15.3. The van der Waals surface area contributed by atoms with Gasteiger partial charge >= 0.3 is 0 Å². The van der Waals surface area contributed by atoms with Crippen LogP contribution in [0.2, 0.25) is 0 Å². The number of hydrogen-bond acceptors (Lipinski definition) is 0. The van der Waals surface area contributed by atoms with Gasteiger partial charge in [-0.15, -0.1) is 0 Å². The van der Waals surface area contributed by atoms with Crippen LogP contribution in [0, 0.1) is 0 Å². The first-order valence-electron chi connectivity index (χ1n) is 24.1. The van der Waals surface area contributed by atoms with Gasteiger partial charge in [0.1, 0.15) is 6.54 Å². The number of nitrogens with zero attached hydrogens (tertiary/aromatic N) is 1. The topological polar surface area (TPSA) is 0 Å². The molecule has 0 aliphatic heterocycles. The van der Waals surface area contributed by atoms with Gasteiger partial charge in [-0.3, -0.25) is 0 Å². The van der Waals surface area contributed by atoms with E-state index in [1.165, 1.54) is 243 Å². The van der Waals surface area contributed by atoms with E-state index in [4.69, 9.17) is 0 Å². The van der Waals surface area contributed by atoms with Crippen molar-refractivity contribution in [3.05, 3.63) is 72.4 Å². The molecule has 1 nitrogen and oxygen atoms in total. The second-order valence-electron chi connectivity index (χ2n) is 16.8. The van der Waals surface area contributed by atoms with Crippen LogP contribution in [0.1, 0.15) is 238 Å². The van der Waals surface area contributed by atoms with Crippen molar-refractivity contribution in [2.24, 2.45) is 0 Å². The van der Waals surface area contributed by atoms with Gasteiger partial charge in [-0.25, -0.2) is 0 Å². The van der Waals surface area contributed by atoms with Crippen molar-refractivity contribution in [1.82, 2.24) is 0 Å². The minimum absolute atomic E-state index is 1.23. The molecule has 1 aromatic carbocycles. The Hall–Kier alpha value is -1.60. The van der Waals surface area contributed by atoms with Crippen molar-refractivity contribution in [2.45, 2.75) is 239 Å². The summed E-state index contributed by atoms with van der Waals surface area (Å²) < 4.78 is 1.32. The quantitative estimate of drug-likeness (QED) is 0.0357. The predicted molar refractivity (Wildman–Crippen MR) is 242 cm³/mol. The number of rotatable bonds is 41. The van der Waals surface area contributed by atoms with Crippen LogP contribution in [0.4, 0.5) is 0 Å². The summed E-state index contributed by atoms with van der Waals surface area (Å²) in [5, 5.41) is 0. The van der Waals surface area contributed by atoms with Gasteiger partial charge in [-0.2, -0.15) is 0 Å². The molecule has 0 aliphatic rings. The fourth-order valence-corrected chi connectivity index (χ4v) is 8.04. The Morgan fingerprint density at radius 2 is 0.585 bits per heavy atom. The first-order chi connectivity index (χ1) is 26.3. The fraction of sp³-hybridized carbons (Fsp3) is 0.769. The predicted octanol–water partition coefficient (Wildman–Crippen LogP) is 17.6. The molecule has 0 aliphatic carbocycles. The molecule has 1 aromatic rings. The van der Waals surface area contributed by atoms with Gasteiger partial charge in [0.15, 0.2) is 0 Å². The monoisotopic (exact) mass is 733 g/mol. The van der Waals surface area contributed by atoms with Crippen molar-refractivity contribution < 1.29 is 4.48 Å². The van der Waals surface area contributed by atoms with E-state index in [1.54, 1.807) is 5.56 Å². The molecule has 0 spiro atoms. The minimum Gasteiger partial charge on any atom is -0.320 e. The number of benzene rings is 1. The van der Waals surface area contributed by atoms with Crippen LogP contribution in [-0.4, -0.2) is 24.1 Å². The van der Waals surface area contributed by atoms with Gasteiger partial charge in [0.2, 0.25) is 0 Å². The molecule has 0 bridgehead atoms. The first kappa shape index (κ1) is 49.4. The van der Waals surface area contributed by atoms with Crippen molar-refractivity contribution in [2.75, 3.05) is 19.6 Å². The third-order valence-corrected chi connectivity index (χ3v) is 11.5. The van der Waals surface area contributed by atoms with Crippen LogP contribution in [0.3, 0.4) is 0 Å². The average molecular weight is 733 g/mol. The molecule has 0 amide bonds. The molecule has 0 aromatic heterocycles. The lowest BCUT2D eigenvalue weighted by Crippen LogP contribution is -2.49. The Kier molecular flexibility index (Phi) is 37.4. The van der Waals surface area contributed by atoms with Gasteiger partial charge in [0, 0.05) is 5.56 Å². The summed E-state index contributed by atoms with van der Waals surface area (Å²) in [6, 6.07) is 11.5. The van der Waals surface area contributed by atoms with Gasteiger partial charge in [-0.05, 0) is 116 Å². The van der Waals surface area contributed by atoms with Crippen LogP contribution in [0.25, 0.3) is 0 Å². The van der Waals surface area contributed by atoms with E-state index in [1.807, 2.05) is 0 Å². The molecule has 1 heteroatoms. The lowest BCUT2D eigenvalue weighted by atomic mass is 10.0. The molecule has 1 rings (SSSR count). The Labute approximate surface area is 334 Å². The normalized spacial score (nSPS) is 12.4. The van der Waals surface area contributed by atoms with Gasteiger partial charge in [0.25, 0.3) is 0 Å². The molecular formula is C52H94N+. The van der Waals surface area contributed by atoms with E-state index in [-0.39, 0.29) is 0 Å². The zero-order valence-electron chi connectivity index (χ0n) is 36.5. The molecule has 0 atom stereocenters. The van der Waals surface area contributed by atoms with Gasteiger partial charge in [0.05, 0.1) is 19.6 Å². The second-order valence-corrected chi connectivity index (χ2v) is 16.8. The minimum atomic E-state index is 1.23. The SMILES string of the molecule is CCCCCCC/C=C/CCCCCC[N+](CCCCCC/C=C/CCCCCCC)(CCCCCC/C=C/CCCCCCC)Cc1ccccc1. The average Bonchev–Trinajstić information content (AvgIpc) is 3.17. The Balaban J connectivity index is 2.59. The molecule has 0 unspecified atom stereocenters. The van der Waals surface area contributed by atoms with E-state index in [9.17, 15) is 0 Å². The fourth-order valence-electron chi connectivity index (χ4n) is 8.04. The number of allylic oxidation sites excluding steroid dienone is 6. The number of unbranched alkanes of at least 4 members (excludes halogenated alkanes) is 27. The highest BCUT2D eigenvalue weighted by Crippen LogP contribution is 2.22. The summed E-state index contributed by atoms with van der Waals surface area (Å²) in [4.78, 5) is 0. The van der Waals surface area contributed by atoms with Crippen LogP contribution >= 0.6 is 0 Å². The van der Waals surface area contributed by atoms with Crippen LogP contribution < -0.4 is 0 Å². The molecule has 53 heavy (non-hydrogen) atoms. The maximum absolute atomic E-state index is 2.48. The smallest absolute Gasteiger partial charge is 0.104 e. The van der Waals surface area contributed by atoms with Crippen LogP contribution in [0.15, 0.2) is 66.8 Å². The lowest BCUT2D eigenvalue weighted by molar-refractivity contribution is -0.941. The highest BCUT2D eigenvalue weighted by Gasteiger charge is 2.26. The molecule has 306 valence electrons. The Morgan fingerprint density at radius 1 is 0.321 bits per heavy atom. The summed E-state index contributed by atoms with van der Waals surface area (Å²) in [5.74, 6) is 0. The summed E-state index contributed by atoms with van der Waals surface area (Å²) in [6.45, 7) is 12.2. The van der Waals surface area contributed by atoms with Crippen molar-refractivity contribution >= 4 is 0 Å². The molecule has 0 saturated heterocycles. The van der Waals surface area contributed by atoms with E-state index in [0.717, 1.165) is 0 Å². The van der Waals surface area contributed by atoms with Crippen LogP contribution in [0.5, 0.6) is 0 Å². The van der Waals surface area contributed by atoms with Gasteiger partial charge < -0.3 is 4.48 Å². The maximum atomic E-state index is 2.48. The van der Waals surface area contributed by atoms with Crippen molar-refractivity contribution in [3.63, 3.8) is 0 Å². The summed E-state index contributed by atoms with van der Waals surface area (Å²) in [7, 11) is 0. The summed E-state index contributed by atoms with van der Waals surface area (Å²) in [5.41, 5.74) is 1.55. The maximum Gasteiger partial charge on any atom is 0.104 e. The molecule has 0 fully saturated rings. The van der Waals surface area contributed by atoms with E-state index < -0.39 is 0 Å². The first-order valence-corrected chi connectivity index (χ1v) is 24.1. The van der Waals surface area contributed by atoms with Crippen LogP contribution in [-0.2, 0) is 6.54 Å². The summed E-state index contributed by atoms with van der Waals surface area (Å²) in [6.07, 6.45) is 60.0. The standard InChI is InChI=1S/C52H94N/c1-4-7-10-13-16-19-22-25-28-31-34-37-43-48-53(51-52-46-41-40-42-47-52,49-44-38-35-32-29-26-23-20-17-14-11-8-5-2)50-45-39-36-33-30-27-24-21-18-15-12-9-6-3/h22-27,40-42,46-47H,4-21,28-39,43-45,48-51H2,1-3H3/q+1/b25-22+,26-23+,27-24+. The largest absolute Gasteiger partial charge is 0.320 e. The highest BCUT2D eigenvalue weighted by molar-refractivity contribution is 5.13. The number of quaternary nitrogens is 1. The van der Waals surface area contributed by atoms with Gasteiger partial charge in [-0.1, -0.05) is 184 Å². The van der Waals surface area contributed by atoms with Crippen molar-refractivity contribution in [3.8, 4) is 0 Å². The summed E-state index contributed by atoms with van der Waals surface area (Å²) >= 11 is 0. The molecule has 0 N–H and O–H groups in total. The molecular weight excluding hydrogens is 639 g/mol. The van der Waals surface area contributed by atoms with E-state index in [2.05, 4.69) is 87.6 Å². The zero-order valence-corrected chi connectivity index (χ0v) is 36.5. The molecule has 0 radical (unpaired) electrons. The van der Waals surface area contributed by atoms with Crippen molar-refractivity contribution in [1.29, 1.82) is 0 Å². The zero-order chi connectivity index (χ0) is 38.0. The van der Waals surface area contributed by atoms with E-state index in [0.29, 0.717) is 0 Å². The molecule has 0 saturated carbocycles. The molecule has 0 heterocycles. The Bertz CT molecular complexity index is 837. The Morgan fingerprint density at radius 3 is 0.868 bits per heavy atom. The van der Waals surface area contributed by atoms with E-state index >= 15 is 0 Å². The third kappa shape index (κ3) is 33.5. The lowest BCUT2D eigenvalue weighted by Gasteiger charge is -2.39. The second kappa shape index (κ2) is 40.1.